The minimum atomic E-state index is -0.398. The minimum Gasteiger partial charge on any atom is -0.458 e. The van der Waals surface area contributed by atoms with Crippen molar-refractivity contribution in [2.24, 2.45) is 34.5 Å². The molecule has 0 N–H and O–H groups in total. The van der Waals surface area contributed by atoms with Crippen LogP contribution in [-0.2, 0) is 19.1 Å². The Bertz CT molecular complexity index is 832. The number of esters is 1. The third-order valence-electron chi connectivity index (χ3n) is 8.05. The molecule has 1 unspecified atom stereocenters. The third-order valence-corrected chi connectivity index (χ3v) is 8.05. The van der Waals surface area contributed by atoms with E-state index in [-0.39, 0.29) is 34.9 Å². The van der Waals surface area contributed by atoms with Crippen molar-refractivity contribution in [3.63, 3.8) is 0 Å². The van der Waals surface area contributed by atoms with Crippen molar-refractivity contribution in [3.8, 4) is 0 Å². The molecule has 4 aliphatic rings. The summed E-state index contributed by atoms with van der Waals surface area (Å²) in [5, 5.41) is 0. The zero-order chi connectivity index (χ0) is 20.3. The number of Topliss-reactive ketones (excluding diaryl/α,β-unsaturated/α-hetero) is 1. The largest absolute Gasteiger partial charge is 0.458 e. The van der Waals surface area contributed by atoms with Gasteiger partial charge in [-0.3, -0.25) is 14.4 Å². The molecule has 0 aromatic rings. The Morgan fingerprint density at radius 1 is 1.29 bits per heavy atom. The molecule has 4 nitrogen and oxygen atoms in total. The number of ether oxygens (including phenoxy) is 1. The molecule has 0 heterocycles. The van der Waals surface area contributed by atoms with E-state index < -0.39 is 5.97 Å². The Hall–Kier alpha value is -1.97. The summed E-state index contributed by atoms with van der Waals surface area (Å²) >= 11 is 0. The van der Waals surface area contributed by atoms with Crippen molar-refractivity contribution in [2.45, 2.75) is 53.4 Å². The lowest BCUT2D eigenvalue weighted by Crippen LogP contribution is -2.45. The normalized spacial score (nSPS) is 41.4. The van der Waals surface area contributed by atoms with Gasteiger partial charge in [-0.2, -0.15) is 0 Å². The highest BCUT2D eigenvalue weighted by molar-refractivity contribution is 6.01. The molecule has 0 radical (unpaired) electrons. The molecule has 150 valence electrons. The van der Waals surface area contributed by atoms with Crippen molar-refractivity contribution in [1.82, 2.24) is 0 Å². The molecule has 0 amide bonds. The lowest BCUT2D eigenvalue weighted by molar-refractivity contribution is -0.148. The van der Waals surface area contributed by atoms with Gasteiger partial charge < -0.3 is 4.74 Å². The molecule has 2 fully saturated rings. The summed E-state index contributed by atoms with van der Waals surface area (Å²) in [6.45, 7) is 7.92. The Balaban J connectivity index is 1.66. The highest BCUT2D eigenvalue weighted by atomic mass is 16.5. The molecule has 0 spiro atoms. The van der Waals surface area contributed by atoms with Crippen LogP contribution < -0.4 is 0 Å². The second-order valence-electron chi connectivity index (χ2n) is 9.67. The topological polar surface area (TPSA) is 60.4 Å². The standard InChI is InChI=1S/C24H30O4/c1-14-11-20-18-6-5-16-12-17(26)7-9-23(16,3)19(18)8-10-24(20,4)22(14)21(27)13-28-15(2)25/h7-9,12,14,18,20,22H,5-6,10-11,13H2,1-4H3/t14-,18+,20+,22?,23-,24-/m0/s1. The highest BCUT2D eigenvalue weighted by Crippen LogP contribution is 2.65. The molecule has 0 bridgehead atoms. The van der Waals surface area contributed by atoms with Crippen LogP contribution in [0.25, 0.3) is 0 Å². The fourth-order valence-corrected chi connectivity index (χ4v) is 6.84. The smallest absolute Gasteiger partial charge is 0.303 e. The molecule has 4 heteroatoms. The average molecular weight is 383 g/mol. The maximum atomic E-state index is 13.0. The quantitative estimate of drug-likeness (QED) is 0.542. The Labute approximate surface area is 167 Å². The molecule has 6 atom stereocenters. The molecule has 0 aromatic heterocycles. The molecule has 0 aliphatic heterocycles. The van der Waals surface area contributed by atoms with Gasteiger partial charge in [0.05, 0.1) is 0 Å². The number of ketones is 2. The van der Waals surface area contributed by atoms with Gasteiger partial charge in [0.25, 0.3) is 0 Å². The van der Waals surface area contributed by atoms with E-state index in [4.69, 9.17) is 4.74 Å². The van der Waals surface area contributed by atoms with Gasteiger partial charge in [0.2, 0.25) is 0 Å². The van der Waals surface area contributed by atoms with Gasteiger partial charge in [-0.15, -0.1) is 0 Å². The summed E-state index contributed by atoms with van der Waals surface area (Å²) in [5.41, 5.74) is 2.44. The number of rotatable bonds is 3. The third kappa shape index (κ3) is 2.75. The van der Waals surface area contributed by atoms with E-state index in [2.05, 4.69) is 32.9 Å². The van der Waals surface area contributed by atoms with E-state index >= 15 is 0 Å². The zero-order valence-corrected chi connectivity index (χ0v) is 17.3. The summed E-state index contributed by atoms with van der Waals surface area (Å²) in [5.74, 6) is 0.894. The maximum absolute atomic E-state index is 13.0. The summed E-state index contributed by atoms with van der Waals surface area (Å²) in [4.78, 5) is 36.0. The molecule has 2 saturated carbocycles. The van der Waals surface area contributed by atoms with Crippen LogP contribution in [-0.4, -0.2) is 24.1 Å². The zero-order valence-electron chi connectivity index (χ0n) is 17.3. The molecule has 28 heavy (non-hydrogen) atoms. The fraction of sp³-hybridized carbons (Fsp3) is 0.625. The second kappa shape index (κ2) is 6.53. The number of hydrogen-bond acceptors (Lipinski definition) is 4. The summed E-state index contributed by atoms with van der Waals surface area (Å²) < 4.78 is 5.04. The summed E-state index contributed by atoms with van der Waals surface area (Å²) in [7, 11) is 0. The van der Waals surface area contributed by atoms with Crippen LogP contribution in [0.3, 0.4) is 0 Å². The van der Waals surface area contributed by atoms with Gasteiger partial charge in [-0.05, 0) is 67.9 Å². The van der Waals surface area contributed by atoms with Crippen LogP contribution in [0.15, 0.2) is 35.5 Å². The molecule has 4 aliphatic carbocycles. The first kappa shape index (κ1) is 19.4. The first-order chi connectivity index (χ1) is 13.2. The highest BCUT2D eigenvalue weighted by Gasteiger charge is 2.59. The van der Waals surface area contributed by atoms with E-state index in [1.54, 1.807) is 6.08 Å². The van der Waals surface area contributed by atoms with Crippen LogP contribution in [0.5, 0.6) is 0 Å². The first-order valence-electron chi connectivity index (χ1n) is 10.5. The monoisotopic (exact) mass is 382 g/mol. The molecule has 0 aromatic carbocycles. The number of hydrogen-bond donors (Lipinski definition) is 0. The number of fused-ring (bicyclic) bond motifs is 5. The van der Waals surface area contributed by atoms with Crippen LogP contribution in [0.2, 0.25) is 0 Å². The molecular weight excluding hydrogens is 352 g/mol. The molecule has 0 saturated heterocycles. The summed E-state index contributed by atoms with van der Waals surface area (Å²) in [6.07, 6.45) is 11.9. The number of allylic oxidation sites excluding steroid dienone is 6. The van der Waals surface area contributed by atoms with Crippen molar-refractivity contribution >= 4 is 17.5 Å². The molecular formula is C24H30O4. The van der Waals surface area contributed by atoms with Crippen molar-refractivity contribution in [3.05, 3.63) is 35.5 Å². The minimum absolute atomic E-state index is 0.0651. The van der Waals surface area contributed by atoms with Gasteiger partial charge in [-0.25, -0.2) is 0 Å². The van der Waals surface area contributed by atoms with E-state index in [1.807, 2.05) is 6.08 Å². The van der Waals surface area contributed by atoms with E-state index in [0.29, 0.717) is 17.8 Å². The van der Waals surface area contributed by atoms with Gasteiger partial charge in [0, 0.05) is 18.3 Å². The maximum Gasteiger partial charge on any atom is 0.303 e. The fourth-order valence-electron chi connectivity index (χ4n) is 6.84. The Morgan fingerprint density at radius 3 is 2.75 bits per heavy atom. The van der Waals surface area contributed by atoms with Crippen LogP contribution in [0, 0.1) is 34.5 Å². The van der Waals surface area contributed by atoms with Crippen molar-refractivity contribution in [1.29, 1.82) is 0 Å². The van der Waals surface area contributed by atoms with Crippen LogP contribution in [0.1, 0.15) is 53.4 Å². The summed E-state index contributed by atoms with van der Waals surface area (Å²) in [6, 6.07) is 0. The first-order valence-corrected chi connectivity index (χ1v) is 10.5. The van der Waals surface area contributed by atoms with E-state index in [9.17, 15) is 14.4 Å². The number of carbonyl (C=O) groups is 3. The SMILES string of the molecule is CC(=O)OCC(=O)C1[C@@H](C)C[C@@H]2[C@@H]3CCC4=CC(=O)C=C[C@]4(C)C3=CC[C@]12C. The lowest BCUT2D eigenvalue weighted by atomic mass is 9.52. The van der Waals surface area contributed by atoms with Gasteiger partial charge in [0.15, 0.2) is 11.6 Å². The van der Waals surface area contributed by atoms with Gasteiger partial charge in [-0.1, -0.05) is 37.1 Å². The number of carbonyl (C=O) groups excluding carboxylic acids is 3. The van der Waals surface area contributed by atoms with E-state index in [1.165, 1.54) is 18.1 Å². The van der Waals surface area contributed by atoms with Crippen LogP contribution >= 0.6 is 0 Å². The second-order valence-corrected chi connectivity index (χ2v) is 9.67. The van der Waals surface area contributed by atoms with Crippen molar-refractivity contribution < 1.29 is 19.1 Å². The van der Waals surface area contributed by atoms with Crippen LogP contribution in [0.4, 0.5) is 0 Å². The van der Waals surface area contributed by atoms with E-state index in [0.717, 1.165) is 25.7 Å². The average Bonchev–Trinajstić information content (AvgIpc) is 2.90. The Kier molecular flexibility index (Phi) is 4.52. The van der Waals surface area contributed by atoms with Gasteiger partial charge >= 0.3 is 5.97 Å². The predicted molar refractivity (Wildman–Crippen MR) is 106 cm³/mol. The van der Waals surface area contributed by atoms with Crippen molar-refractivity contribution in [2.75, 3.05) is 6.61 Å². The lowest BCUT2D eigenvalue weighted by Gasteiger charge is -2.52. The predicted octanol–water partition coefficient (Wildman–Crippen LogP) is 4.21. The molecule has 4 rings (SSSR count). The Morgan fingerprint density at radius 2 is 2.04 bits per heavy atom. The van der Waals surface area contributed by atoms with Gasteiger partial charge in [0.1, 0.15) is 6.61 Å².